The fraction of sp³-hybridized carbons (Fsp3) is 0.615. The smallest absolute Gasteiger partial charge is 0.310 e. The molecule has 0 radical (unpaired) electrons. The average Bonchev–Trinajstić information content (AvgIpc) is 2.73. The number of thiazole rings is 1. The summed E-state index contributed by atoms with van der Waals surface area (Å²) in [4.78, 5) is 27.5. The zero-order valence-electron chi connectivity index (χ0n) is 10.7. The van der Waals surface area contributed by atoms with Gasteiger partial charge in [-0.15, -0.1) is 11.3 Å². The van der Waals surface area contributed by atoms with E-state index in [-0.39, 0.29) is 12.3 Å². The molecule has 1 amide bonds. The Bertz CT molecular complexity index is 437. The van der Waals surface area contributed by atoms with Crippen molar-refractivity contribution in [1.29, 1.82) is 0 Å². The summed E-state index contributed by atoms with van der Waals surface area (Å²) in [5.74, 6) is -1.09. The number of hydrogen-bond acceptors (Lipinski definition) is 4. The predicted molar refractivity (Wildman–Crippen MR) is 73.1 cm³/mol. The van der Waals surface area contributed by atoms with E-state index in [4.69, 9.17) is 0 Å². The second kappa shape index (κ2) is 6.14. The van der Waals surface area contributed by atoms with Crippen molar-refractivity contribution in [3.05, 3.63) is 11.6 Å². The number of aromatic nitrogens is 1. The lowest BCUT2D eigenvalue weighted by Crippen LogP contribution is -2.35. The van der Waals surface area contributed by atoms with Gasteiger partial charge in [0.2, 0.25) is 5.91 Å². The number of hydrogen-bond donors (Lipinski definition) is 2. The maximum atomic E-state index is 12.0. The van der Waals surface area contributed by atoms with Crippen LogP contribution in [0.15, 0.2) is 11.6 Å². The number of carbonyl (C=O) groups is 2. The molecule has 1 aliphatic carbocycles. The van der Waals surface area contributed by atoms with Crippen LogP contribution in [0.1, 0.15) is 44.9 Å². The van der Waals surface area contributed by atoms with Gasteiger partial charge in [-0.2, -0.15) is 0 Å². The minimum Gasteiger partial charge on any atom is -0.481 e. The van der Waals surface area contributed by atoms with Gasteiger partial charge in [0.15, 0.2) is 5.13 Å². The Kier molecular flexibility index (Phi) is 4.52. The normalized spacial score (nSPS) is 18.5. The lowest BCUT2D eigenvalue weighted by atomic mass is 9.77. The van der Waals surface area contributed by atoms with Crippen molar-refractivity contribution in [2.45, 2.75) is 44.9 Å². The zero-order chi connectivity index (χ0) is 13.7. The first kappa shape index (κ1) is 14.0. The number of nitrogens with zero attached hydrogens (tertiary/aromatic N) is 1. The highest BCUT2D eigenvalue weighted by Gasteiger charge is 2.40. The predicted octanol–water partition coefficient (Wildman–Crippen LogP) is 2.90. The van der Waals surface area contributed by atoms with Crippen molar-refractivity contribution in [2.75, 3.05) is 5.32 Å². The van der Waals surface area contributed by atoms with Gasteiger partial charge in [0.25, 0.3) is 0 Å². The number of nitrogens with one attached hydrogen (secondary N) is 1. The molecule has 1 aromatic rings. The SMILES string of the molecule is O=C(CC1(C(=O)O)CCCCCC1)Nc1nccs1. The topological polar surface area (TPSA) is 79.3 Å². The molecular weight excluding hydrogens is 264 g/mol. The van der Waals surface area contributed by atoms with E-state index in [9.17, 15) is 14.7 Å². The van der Waals surface area contributed by atoms with E-state index in [2.05, 4.69) is 10.3 Å². The number of anilines is 1. The van der Waals surface area contributed by atoms with E-state index >= 15 is 0 Å². The average molecular weight is 282 g/mol. The highest BCUT2D eigenvalue weighted by molar-refractivity contribution is 7.13. The van der Waals surface area contributed by atoms with E-state index in [0.29, 0.717) is 18.0 Å². The molecule has 104 valence electrons. The first-order valence-electron chi connectivity index (χ1n) is 6.55. The van der Waals surface area contributed by atoms with Gasteiger partial charge in [0, 0.05) is 18.0 Å². The molecule has 1 saturated carbocycles. The summed E-state index contributed by atoms with van der Waals surface area (Å²) in [7, 11) is 0. The van der Waals surface area contributed by atoms with Crippen LogP contribution in [0, 0.1) is 5.41 Å². The summed E-state index contributed by atoms with van der Waals surface area (Å²) >= 11 is 1.33. The third-order valence-electron chi connectivity index (χ3n) is 3.69. The summed E-state index contributed by atoms with van der Waals surface area (Å²) in [6, 6.07) is 0. The quantitative estimate of drug-likeness (QED) is 0.832. The molecule has 1 fully saturated rings. The Morgan fingerprint density at radius 2 is 2.00 bits per heavy atom. The van der Waals surface area contributed by atoms with Crippen molar-refractivity contribution in [3.63, 3.8) is 0 Å². The lowest BCUT2D eigenvalue weighted by Gasteiger charge is -2.27. The molecule has 1 aromatic heterocycles. The largest absolute Gasteiger partial charge is 0.481 e. The Morgan fingerprint density at radius 1 is 1.32 bits per heavy atom. The number of carbonyl (C=O) groups excluding carboxylic acids is 1. The van der Waals surface area contributed by atoms with Gasteiger partial charge < -0.3 is 10.4 Å². The zero-order valence-corrected chi connectivity index (χ0v) is 11.5. The molecule has 19 heavy (non-hydrogen) atoms. The van der Waals surface area contributed by atoms with Crippen LogP contribution in [-0.2, 0) is 9.59 Å². The molecule has 0 saturated heterocycles. The number of rotatable bonds is 4. The maximum Gasteiger partial charge on any atom is 0.310 e. The summed E-state index contributed by atoms with van der Waals surface area (Å²) in [6.07, 6.45) is 6.72. The van der Waals surface area contributed by atoms with Crippen molar-refractivity contribution >= 4 is 28.3 Å². The molecule has 0 bridgehead atoms. The lowest BCUT2D eigenvalue weighted by molar-refractivity contribution is -0.152. The van der Waals surface area contributed by atoms with Crippen molar-refractivity contribution in [3.8, 4) is 0 Å². The van der Waals surface area contributed by atoms with Gasteiger partial charge >= 0.3 is 5.97 Å². The van der Waals surface area contributed by atoms with Gasteiger partial charge in [0.05, 0.1) is 5.41 Å². The number of carboxylic acids is 1. The van der Waals surface area contributed by atoms with Crippen LogP contribution in [0.3, 0.4) is 0 Å². The van der Waals surface area contributed by atoms with Gasteiger partial charge in [-0.3, -0.25) is 9.59 Å². The molecule has 0 unspecified atom stereocenters. The highest BCUT2D eigenvalue weighted by Crippen LogP contribution is 2.38. The van der Waals surface area contributed by atoms with Crippen LogP contribution in [-0.4, -0.2) is 22.0 Å². The molecule has 6 heteroatoms. The third-order valence-corrected chi connectivity index (χ3v) is 4.38. The minimum atomic E-state index is -0.891. The van der Waals surface area contributed by atoms with Gasteiger partial charge in [0.1, 0.15) is 0 Å². The Balaban J connectivity index is 2.03. The Hall–Kier alpha value is -1.43. The summed E-state index contributed by atoms with van der Waals surface area (Å²) in [5, 5.41) is 14.5. The van der Waals surface area contributed by atoms with Crippen molar-refractivity contribution in [2.24, 2.45) is 5.41 Å². The van der Waals surface area contributed by atoms with Crippen LogP contribution >= 0.6 is 11.3 Å². The third kappa shape index (κ3) is 3.53. The van der Waals surface area contributed by atoms with E-state index in [1.54, 1.807) is 11.6 Å². The number of aliphatic carboxylic acids is 1. The Morgan fingerprint density at radius 3 is 2.53 bits per heavy atom. The molecule has 2 rings (SSSR count). The molecular formula is C13H18N2O3S. The fourth-order valence-corrected chi connectivity index (χ4v) is 3.17. The van der Waals surface area contributed by atoms with Crippen molar-refractivity contribution < 1.29 is 14.7 Å². The van der Waals surface area contributed by atoms with Crippen molar-refractivity contribution in [1.82, 2.24) is 4.98 Å². The van der Waals surface area contributed by atoms with E-state index in [0.717, 1.165) is 25.7 Å². The molecule has 0 aliphatic heterocycles. The molecule has 0 atom stereocenters. The monoisotopic (exact) mass is 282 g/mol. The minimum absolute atomic E-state index is 0.0436. The van der Waals surface area contributed by atoms with Gasteiger partial charge in [-0.1, -0.05) is 25.7 Å². The summed E-state index contributed by atoms with van der Waals surface area (Å²) in [5.41, 5.74) is -0.891. The fourth-order valence-electron chi connectivity index (χ4n) is 2.63. The van der Waals surface area contributed by atoms with Gasteiger partial charge in [-0.05, 0) is 12.8 Å². The number of amides is 1. The molecule has 1 aliphatic rings. The van der Waals surface area contributed by atoms with E-state index in [1.165, 1.54) is 11.3 Å². The van der Waals surface area contributed by atoms with Crippen LogP contribution in [0.25, 0.3) is 0 Å². The van der Waals surface area contributed by atoms with E-state index in [1.807, 2.05) is 0 Å². The second-order valence-corrected chi connectivity index (χ2v) is 5.96. The number of carboxylic acid groups (broad SMARTS) is 1. The molecule has 5 nitrogen and oxygen atoms in total. The molecule has 1 heterocycles. The summed E-state index contributed by atoms with van der Waals surface area (Å²) < 4.78 is 0. The van der Waals surface area contributed by atoms with Crippen LogP contribution in [0.4, 0.5) is 5.13 Å². The molecule has 0 aromatic carbocycles. The van der Waals surface area contributed by atoms with Gasteiger partial charge in [-0.25, -0.2) is 4.98 Å². The standard InChI is InChI=1S/C13H18N2O3S/c16-10(15-12-14-7-8-19-12)9-13(11(17)18)5-3-1-2-4-6-13/h7-8H,1-6,9H2,(H,17,18)(H,14,15,16). The van der Waals surface area contributed by atoms with E-state index < -0.39 is 11.4 Å². The highest BCUT2D eigenvalue weighted by atomic mass is 32.1. The maximum absolute atomic E-state index is 12.0. The molecule has 2 N–H and O–H groups in total. The molecule has 0 spiro atoms. The van der Waals surface area contributed by atoms with Crippen LogP contribution < -0.4 is 5.32 Å². The first-order valence-corrected chi connectivity index (χ1v) is 7.43. The van der Waals surface area contributed by atoms with Crippen LogP contribution in [0.2, 0.25) is 0 Å². The Labute approximate surface area is 116 Å². The second-order valence-electron chi connectivity index (χ2n) is 5.06. The first-order chi connectivity index (χ1) is 9.12. The van der Waals surface area contributed by atoms with Crippen LogP contribution in [0.5, 0.6) is 0 Å². The summed E-state index contributed by atoms with van der Waals surface area (Å²) in [6.45, 7) is 0.